The van der Waals surface area contributed by atoms with Crippen molar-refractivity contribution in [1.29, 1.82) is 0 Å². The van der Waals surface area contributed by atoms with Crippen LogP contribution >= 0.6 is 11.6 Å². The van der Waals surface area contributed by atoms with Crippen LogP contribution < -0.4 is 0 Å². The fraction of sp³-hybridized carbons (Fsp3) is 0.500. The van der Waals surface area contributed by atoms with Crippen LogP contribution in [0.25, 0.3) is 0 Å². The van der Waals surface area contributed by atoms with E-state index in [0.717, 1.165) is 5.88 Å². The first-order valence-electron chi connectivity index (χ1n) is 4.93. The maximum atomic E-state index is 5.73. The van der Waals surface area contributed by atoms with E-state index in [0.29, 0.717) is 5.92 Å². The van der Waals surface area contributed by atoms with E-state index < -0.39 is 0 Å². The minimum atomic E-state index is 0.658. The summed E-state index contributed by atoms with van der Waals surface area (Å²) < 4.78 is 0. The molecule has 13 heavy (non-hydrogen) atoms. The van der Waals surface area contributed by atoms with Crippen LogP contribution in [0.2, 0.25) is 0 Å². The fourth-order valence-electron chi connectivity index (χ4n) is 1.38. The molecule has 0 aliphatic carbocycles. The third-order valence-electron chi connectivity index (χ3n) is 2.27. The van der Waals surface area contributed by atoms with E-state index in [4.69, 9.17) is 11.6 Å². The summed E-state index contributed by atoms with van der Waals surface area (Å²) in [4.78, 5) is 0. The van der Waals surface area contributed by atoms with Gasteiger partial charge in [0.25, 0.3) is 0 Å². The lowest BCUT2D eigenvalue weighted by Crippen LogP contribution is -1.96. The summed E-state index contributed by atoms with van der Waals surface area (Å²) in [5.74, 6) is 1.44. The predicted octanol–water partition coefficient (Wildman–Crippen LogP) is 3.88. The first kappa shape index (κ1) is 10.6. The van der Waals surface area contributed by atoms with Crippen molar-refractivity contribution < 1.29 is 0 Å². The third kappa shape index (κ3) is 4.33. The highest BCUT2D eigenvalue weighted by molar-refractivity contribution is 6.18. The van der Waals surface area contributed by atoms with Gasteiger partial charge in [-0.05, 0) is 30.7 Å². The van der Waals surface area contributed by atoms with Gasteiger partial charge in [0, 0.05) is 5.88 Å². The largest absolute Gasteiger partial charge is 0.126 e. The molecule has 1 heteroatoms. The molecule has 0 spiro atoms. The molecule has 0 aromatic heterocycles. The van der Waals surface area contributed by atoms with Crippen molar-refractivity contribution in [1.82, 2.24) is 0 Å². The molecule has 1 aromatic rings. The second-order valence-corrected chi connectivity index (χ2v) is 3.95. The highest BCUT2D eigenvalue weighted by atomic mass is 35.5. The Morgan fingerprint density at radius 3 is 2.54 bits per heavy atom. The normalized spacial score (nSPS) is 12.8. The summed E-state index contributed by atoms with van der Waals surface area (Å²) in [6, 6.07) is 10.6. The smallest absolute Gasteiger partial charge is 0.0249 e. The molecule has 0 amide bonds. The minimum Gasteiger partial charge on any atom is -0.126 e. The molecule has 0 radical (unpaired) electrons. The van der Waals surface area contributed by atoms with Crippen molar-refractivity contribution in [2.24, 2.45) is 5.92 Å². The van der Waals surface area contributed by atoms with Crippen LogP contribution in [0.5, 0.6) is 0 Å². The van der Waals surface area contributed by atoms with E-state index in [1.165, 1.54) is 24.8 Å². The van der Waals surface area contributed by atoms with E-state index in [-0.39, 0.29) is 0 Å². The molecular weight excluding hydrogens is 180 g/mol. The number of rotatable bonds is 5. The summed E-state index contributed by atoms with van der Waals surface area (Å²) >= 11 is 5.73. The average molecular weight is 197 g/mol. The molecule has 0 aliphatic rings. The second-order valence-electron chi connectivity index (χ2n) is 3.64. The number of hydrogen-bond donors (Lipinski definition) is 0. The molecule has 1 aromatic carbocycles. The van der Waals surface area contributed by atoms with E-state index in [1.54, 1.807) is 0 Å². The molecule has 0 nitrogen and oxygen atoms in total. The molecule has 0 heterocycles. The number of hydrogen-bond acceptors (Lipinski definition) is 0. The van der Waals surface area contributed by atoms with Gasteiger partial charge in [-0.1, -0.05) is 37.3 Å². The Kier molecular flexibility index (Phi) is 4.92. The monoisotopic (exact) mass is 196 g/mol. The van der Waals surface area contributed by atoms with Crippen LogP contribution in [-0.4, -0.2) is 5.88 Å². The lowest BCUT2D eigenvalue weighted by atomic mass is 10.0. The third-order valence-corrected chi connectivity index (χ3v) is 2.80. The Labute approximate surface area is 85.9 Å². The summed E-state index contributed by atoms with van der Waals surface area (Å²) in [7, 11) is 0. The van der Waals surface area contributed by atoms with E-state index >= 15 is 0 Å². The van der Waals surface area contributed by atoms with Crippen molar-refractivity contribution in [2.75, 3.05) is 5.88 Å². The summed E-state index contributed by atoms with van der Waals surface area (Å²) in [5, 5.41) is 0. The first-order valence-corrected chi connectivity index (χ1v) is 5.46. The average Bonchev–Trinajstić information content (AvgIpc) is 2.19. The Balaban J connectivity index is 2.20. The van der Waals surface area contributed by atoms with Crippen LogP contribution in [0.3, 0.4) is 0 Å². The van der Waals surface area contributed by atoms with Crippen molar-refractivity contribution in [3.63, 3.8) is 0 Å². The highest BCUT2D eigenvalue weighted by Crippen LogP contribution is 2.11. The van der Waals surface area contributed by atoms with Crippen LogP contribution in [0.1, 0.15) is 25.3 Å². The Bertz CT molecular complexity index is 218. The van der Waals surface area contributed by atoms with Crippen LogP contribution in [-0.2, 0) is 6.42 Å². The van der Waals surface area contributed by atoms with E-state index in [9.17, 15) is 0 Å². The van der Waals surface area contributed by atoms with Gasteiger partial charge in [0.1, 0.15) is 0 Å². The van der Waals surface area contributed by atoms with Gasteiger partial charge in [0.05, 0.1) is 0 Å². The molecule has 0 saturated heterocycles. The molecular formula is C12H17Cl. The second kappa shape index (κ2) is 6.04. The van der Waals surface area contributed by atoms with Crippen LogP contribution in [0.4, 0.5) is 0 Å². The van der Waals surface area contributed by atoms with Crippen molar-refractivity contribution in [2.45, 2.75) is 26.2 Å². The zero-order valence-electron chi connectivity index (χ0n) is 8.17. The van der Waals surface area contributed by atoms with Gasteiger partial charge in [-0.2, -0.15) is 0 Å². The van der Waals surface area contributed by atoms with Crippen molar-refractivity contribution >= 4 is 11.6 Å². The number of aryl methyl sites for hydroxylation is 1. The molecule has 0 fully saturated rings. The van der Waals surface area contributed by atoms with Gasteiger partial charge in [0.2, 0.25) is 0 Å². The number of alkyl halides is 1. The maximum absolute atomic E-state index is 5.73. The molecule has 1 atom stereocenters. The SMILES string of the molecule is CC(CCl)CCCc1ccccc1. The van der Waals surface area contributed by atoms with E-state index in [1.807, 2.05) is 0 Å². The Morgan fingerprint density at radius 2 is 1.92 bits per heavy atom. The van der Waals surface area contributed by atoms with Gasteiger partial charge < -0.3 is 0 Å². The predicted molar refractivity (Wildman–Crippen MR) is 59.3 cm³/mol. The van der Waals surface area contributed by atoms with Crippen LogP contribution in [0.15, 0.2) is 30.3 Å². The van der Waals surface area contributed by atoms with Crippen molar-refractivity contribution in [3.05, 3.63) is 35.9 Å². The van der Waals surface area contributed by atoms with Gasteiger partial charge in [-0.25, -0.2) is 0 Å². The Morgan fingerprint density at radius 1 is 1.23 bits per heavy atom. The van der Waals surface area contributed by atoms with Crippen LogP contribution in [0, 0.1) is 5.92 Å². The van der Waals surface area contributed by atoms with Crippen molar-refractivity contribution in [3.8, 4) is 0 Å². The highest BCUT2D eigenvalue weighted by Gasteiger charge is 1.99. The molecule has 0 bridgehead atoms. The number of benzene rings is 1. The van der Waals surface area contributed by atoms with Gasteiger partial charge in [-0.15, -0.1) is 11.6 Å². The van der Waals surface area contributed by atoms with E-state index in [2.05, 4.69) is 37.3 Å². The minimum absolute atomic E-state index is 0.658. The number of halogens is 1. The fourth-order valence-corrected chi connectivity index (χ4v) is 1.53. The lowest BCUT2D eigenvalue weighted by Gasteiger charge is -2.06. The first-order chi connectivity index (χ1) is 6.33. The molecule has 1 unspecified atom stereocenters. The van der Waals surface area contributed by atoms with Gasteiger partial charge >= 0.3 is 0 Å². The van der Waals surface area contributed by atoms with Gasteiger partial charge in [-0.3, -0.25) is 0 Å². The molecule has 0 saturated carbocycles. The molecule has 0 N–H and O–H groups in total. The quantitative estimate of drug-likeness (QED) is 0.627. The summed E-state index contributed by atoms with van der Waals surface area (Å²) in [6.07, 6.45) is 3.67. The van der Waals surface area contributed by atoms with Gasteiger partial charge in [0.15, 0.2) is 0 Å². The summed E-state index contributed by atoms with van der Waals surface area (Å²) in [6.45, 7) is 2.21. The summed E-state index contributed by atoms with van der Waals surface area (Å²) in [5.41, 5.74) is 1.43. The topological polar surface area (TPSA) is 0 Å². The molecule has 0 aliphatic heterocycles. The maximum Gasteiger partial charge on any atom is 0.0249 e. The molecule has 1 rings (SSSR count). The standard InChI is InChI=1S/C12H17Cl/c1-11(10-13)6-5-9-12-7-3-2-4-8-12/h2-4,7-8,11H,5-6,9-10H2,1H3. The Hall–Kier alpha value is -0.490. The lowest BCUT2D eigenvalue weighted by molar-refractivity contribution is 0.561. The molecule has 72 valence electrons. The zero-order valence-corrected chi connectivity index (χ0v) is 8.93. The zero-order chi connectivity index (χ0) is 9.52.